The maximum absolute atomic E-state index is 12.8. The largest absolute Gasteiger partial charge is 0.496 e. The molecule has 0 saturated carbocycles. The van der Waals surface area contributed by atoms with Gasteiger partial charge in [-0.05, 0) is 35.4 Å². The van der Waals surface area contributed by atoms with Crippen LogP contribution in [0.5, 0.6) is 5.75 Å². The van der Waals surface area contributed by atoms with Crippen molar-refractivity contribution in [1.82, 2.24) is 0 Å². The van der Waals surface area contributed by atoms with Crippen LogP contribution in [0.2, 0.25) is 0 Å². The predicted octanol–water partition coefficient (Wildman–Crippen LogP) is 5.32. The summed E-state index contributed by atoms with van der Waals surface area (Å²) in [4.78, 5) is 0. The van der Waals surface area contributed by atoms with E-state index in [1.165, 1.54) is 19.3 Å². The van der Waals surface area contributed by atoms with E-state index in [2.05, 4.69) is 19.7 Å². The molecule has 0 aliphatic rings. The zero-order valence-electron chi connectivity index (χ0n) is 11.4. The zero-order valence-corrected chi connectivity index (χ0v) is 11.4. The van der Waals surface area contributed by atoms with Crippen molar-refractivity contribution >= 4 is 5.57 Å². The maximum atomic E-state index is 12.8. The second-order valence-corrected chi connectivity index (χ2v) is 4.20. The van der Waals surface area contributed by atoms with E-state index in [-0.39, 0.29) is 22.5 Å². The quantitative estimate of drug-likeness (QED) is 0.528. The fourth-order valence-corrected chi connectivity index (χ4v) is 1.58. The highest BCUT2D eigenvalue weighted by Gasteiger charge is 2.31. The van der Waals surface area contributed by atoms with Crippen LogP contribution in [0, 0.1) is 0 Å². The number of methoxy groups -OCH3 is 1. The fraction of sp³-hybridized carbons (Fsp3) is 0.125. The second kappa shape index (κ2) is 6.43. The lowest BCUT2D eigenvalue weighted by molar-refractivity contribution is -0.137. The Balaban J connectivity index is 3.24. The van der Waals surface area contributed by atoms with Crippen molar-refractivity contribution in [3.05, 3.63) is 72.6 Å². The SMILES string of the molecule is C=C(F)/C=C\C(=C)C(=C)c1cc(C(F)(F)F)ccc1OC. The van der Waals surface area contributed by atoms with Crippen LogP contribution in [-0.2, 0) is 6.18 Å². The van der Waals surface area contributed by atoms with Crippen molar-refractivity contribution in [3.63, 3.8) is 0 Å². The van der Waals surface area contributed by atoms with Gasteiger partial charge in [0, 0.05) is 5.56 Å². The molecule has 0 amide bonds. The molecule has 1 nitrogen and oxygen atoms in total. The standard InChI is InChI=1S/C16H14F4O/c1-10(5-6-11(2)17)12(3)14-9-13(16(18,19)20)7-8-15(14)21-4/h5-9H,1-3H2,4H3/b6-5-. The van der Waals surface area contributed by atoms with Crippen molar-refractivity contribution in [2.45, 2.75) is 6.18 Å². The molecule has 0 unspecified atom stereocenters. The molecule has 0 aromatic heterocycles. The topological polar surface area (TPSA) is 9.23 Å². The van der Waals surface area contributed by atoms with Gasteiger partial charge in [0.25, 0.3) is 0 Å². The number of hydrogen-bond acceptors (Lipinski definition) is 1. The lowest BCUT2D eigenvalue weighted by Gasteiger charge is -2.14. The molecule has 0 spiro atoms. The first kappa shape index (κ1) is 16.8. The van der Waals surface area contributed by atoms with Gasteiger partial charge in [-0.15, -0.1) is 0 Å². The highest BCUT2D eigenvalue weighted by molar-refractivity contribution is 5.82. The summed E-state index contributed by atoms with van der Waals surface area (Å²) in [7, 11) is 1.33. The molecule has 0 radical (unpaired) electrons. The molecule has 0 bridgehead atoms. The minimum absolute atomic E-state index is 0.145. The van der Waals surface area contributed by atoms with Gasteiger partial charge < -0.3 is 4.74 Å². The third-order valence-electron chi connectivity index (χ3n) is 2.70. The summed E-state index contributed by atoms with van der Waals surface area (Å²) in [5.41, 5.74) is -0.223. The van der Waals surface area contributed by atoms with Crippen LogP contribution in [-0.4, -0.2) is 7.11 Å². The monoisotopic (exact) mass is 298 g/mol. The zero-order chi connectivity index (χ0) is 16.2. The van der Waals surface area contributed by atoms with Crippen LogP contribution in [0.4, 0.5) is 17.6 Å². The van der Waals surface area contributed by atoms with Gasteiger partial charge in [-0.25, -0.2) is 4.39 Å². The summed E-state index contributed by atoms with van der Waals surface area (Å²) < 4.78 is 55.9. The molecule has 5 heteroatoms. The van der Waals surface area contributed by atoms with E-state index in [0.717, 1.165) is 18.2 Å². The Bertz CT molecular complexity index is 609. The van der Waals surface area contributed by atoms with E-state index < -0.39 is 17.6 Å². The molecular weight excluding hydrogens is 284 g/mol. The summed E-state index contributed by atoms with van der Waals surface area (Å²) in [6, 6.07) is 3.04. The summed E-state index contributed by atoms with van der Waals surface area (Å²) in [5.74, 6) is -0.471. The van der Waals surface area contributed by atoms with Gasteiger partial charge in [0.1, 0.15) is 11.6 Å². The lowest BCUT2D eigenvalue weighted by atomic mass is 9.97. The lowest BCUT2D eigenvalue weighted by Crippen LogP contribution is -2.06. The summed E-state index contributed by atoms with van der Waals surface area (Å²) >= 11 is 0. The molecule has 0 atom stereocenters. The Kier molecular flexibility index (Phi) is 5.13. The fourth-order valence-electron chi connectivity index (χ4n) is 1.58. The minimum atomic E-state index is -4.48. The van der Waals surface area contributed by atoms with E-state index in [1.54, 1.807) is 0 Å². The number of benzene rings is 1. The number of alkyl halides is 3. The molecule has 1 rings (SSSR count). The molecule has 1 aromatic carbocycles. The third kappa shape index (κ3) is 4.34. The molecule has 0 saturated heterocycles. The van der Waals surface area contributed by atoms with Crippen LogP contribution >= 0.6 is 0 Å². The normalized spacial score (nSPS) is 11.5. The van der Waals surface area contributed by atoms with Crippen molar-refractivity contribution in [2.24, 2.45) is 0 Å². The average Bonchev–Trinajstić information content (AvgIpc) is 2.42. The second-order valence-electron chi connectivity index (χ2n) is 4.20. The van der Waals surface area contributed by atoms with Crippen molar-refractivity contribution in [2.75, 3.05) is 7.11 Å². The average molecular weight is 298 g/mol. The third-order valence-corrected chi connectivity index (χ3v) is 2.70. The van der Waals surface area contributed by atoms with E-state index in [0.29, 0.717) is 0 Å². The maximum Gasteiger partial charge on any atom is 0.416 e. The van der Waals surface area contributed by atoms with Crippen LogP contribution < -0.4 is 4.74 Å². The van der Waals surface area contributed by atoms with E-state index in [9.17, 15) is 17.6 Å². The number of halogens is 4. The molecule has 0 fully saturated rings. The van der Waals surface area contributed by atoms with E-state index >= 15 is 0 Å². The smallest absolute Gasteiger partial charge is 0.416 e. The Labute approximate surface area is 120 Å². The molecular formula is C16H14F4O. The van der Waals surface area contributed by atoms with Crippen LogP contribution in [0.15, 0.2) is 61.5 Å². The first-order chi connectivity index (χ1) is 9.66. The molecule has 112 valence electrons. The van der Waals surface area contributed by atoms with Gasteiger partial charge in [0.05, 0.1) is 12.7 Å². The van der Waals surface area contributed by atoms with E-state index in [1.807, 2.05) is 0 Å². The number of allylic oxidation sites excluding steroid dienone is 5. The molecule has 1 aromatic rings. The summed E-state index contributed by atoms with van der Waals surface area (Å²) in [5, 5.41) is 0. The van der Waals surface area contributed by atoms with Crippen molar-refractivity contribution in [1.29, 1.82) is 0 Å². The van der Waals surface area contributed by atoms with Gasteiger partial charge in [-0.2, -0.15) is 13.2 Å². The van der Waals surface area contributed by atoms with Crippen LogP contribution in [0.3, 0.4) is 0 Å². The first-order valence-electron chi connectivity index (χ1n) is 5.83. The van der Waals surface area contributed by atoms with Gasteiger partial charge in [0.2, 0.25) is 0 Å². The molecule has 0 heterocycles. The Morgan fingerprint density at radius 3 is 2.24 bits per heavy atom. The molecule has 0 aliphatic carbocycles. The predicted molar refractivity (Wildman–Crippen MR) is 75.6 cm³/mol. The highest BCUT2D eigenvalue weighted by atomic mass is 19.4. The minimum Gasteiger partial charge on any atom is -0.496 e. The van der Waals surface area contributed by atoms with Crippen molar-refractivity contribution in [3.8, 4) is 5.75 Å². The van der Waals surface area contributed by atoms with Crippen molar-refractivity contribution < 1.29 is 22.3 Å². The summed E-state index contributed by atoms with van der Waals surface area (Å²) in [6.45, 7) is 10.4. The first-order valence-corrected chi connectivity index (χ1v) is 5.83. The van der Waals surface area contributed by atoms with Gasteiger partial charge in [-0.3, -0.25) is 0 Å². The number of rotatable bonds is 5. The number of hydrogen-bond donors (Lipinski definition) is 0. The molecule has 21 heavy (non-hydrogen) atoms. The highest BCUT2D eigenvalue weighted by Crippen LogP contribution is 2.36. The van der Waals surface area contributed by atoms with E-state index in [4.69, 9.17) is 4.74 Å². The Morgan fingerprint density at radius 1 is 1.14 bits per heavy atom. The van der Waals surface area contributed by atoms with Gasteiger partial charge in [-0.1, -0.05) is 25.8 Å². The summed E-state index contributed by atoms with van der Waals surface area (Å²) in [6.07, 6.45) is -2.15. The van der Waals surface area contributed by atoms with Gasteiger partial charge in [0.15, 0.2) is 0 Å². The molecule has 0 N–H and O–H groups in total. The Hall–Kier alpha value is -2.30. The van der Waals surface area contributed by atoms with Crippen LogP contribution in [0.1, 0.15) is 11.1 Å². The number of ether oxygens (including phenoxy) is 1. The molecule has 0 aliphatic heterocycles. The Morgan fingerprint density at radius 2 is 1.76 bits per heavy atom. The van der Waals surface area contributed by atoms with Gasteiger partial charge >= 0.3 is 6.18 Å². The van der Waals surface area contributed by atoms with Crippen LogP contribution in [0.25, 0.3) is 5.57 Å².